The Bertz CT molecular complexity index is 1060. The van der Waals surface area contributed by atoms with Gasteiger partial charge < -0.3 is 14.7 Å². The molecule has 1 N–H and O–H groups in total. The summed E-state index contributed by atoms with van der Waals surface area (Å²) in [5.74, 6) is 7.22. The maximum Gasteiger partial charge on any atom is 0.259 e. The average molecular weight is 477 g/mol. The van der Waals surface area contributed by atoms with Gasteiger partial charge in [-0.2, -0.15) is 0 Å². The number of hydrogen-bond acceptors (Lipinski definition) is 6. The van der Waals surface area contributed by atoms with Crippen molar-refractivity contribution in [2.45, 2.75) is 58.2 Å². The highest BCUT2D eigenvalue weighted by Crippen LogP contribution is 2.28. The molecule has 7 nitrogen and oxygen atoms in total. The monoisotopic (exact) mass is 476 g/mol. The lowest BCUT2D eigenvalue weighted by Crippen LogP contribution is -2.49. The average Bonchev–Trinajstić information content (AvgIpc) is 3.39. The number of ether oxygens (including phenoxy) is 1. The van der Waals surface area contributed by atoms with E-state index >= 15 is 0 Å². The van der Waals surface area contributed by atoms with E-state index in [4.69, 9.17) is 4.74 Å². The predicted octanol–water partition coefficient (Wildman–Crippen LogP) is 3.37. The van der Waals surface area contributed by atoms with Gasteiger partial charge in [0.25, 0.3) is 5.91 Å². The largest absolute Gasteiger partial charge is 0.472 e. The first-order valence-electron chi connectivity index (χ1n) is 12.6. The number of fused-ring (bicyclic) bond motifs is 1. The van der Waals surface area contributed by atoms with Crippen molar-refractivity contribution < 1.29 is 14.6 Å². The molecule has 4 rings (SSSR count). The van der Waals surface area contributed by atoms with Crippen LogP contribution in [0.4, 0.5) is 0 Å². The van der Waals surface area contributed by atoms with Crippen molar-refractivity contribution in [2.24, 2.45) is 11.8 Å². The van der Waals surface area contributed by atoms with Crippen molar-refractivity contribution in [1.29, 1.82) is 0 Å². The third kappa shape index (κ3) is 6.39. The summed E-state index contributed by atoms with van der Waals surface area (Å²) in [4.78, 5) is 26.1. The van der Waals surface area contributed by atoms with Crippen LogP contribution in [0.15, 0.2) is 36.8 Å². The topological polar surface area (TPSA) is 78.8 Å². The van der Waals surface area contributed by atoms with E-state index in [1.807, 2.05) is 19.1 Å². The Morgan fingerprint density at radius 1 is 1.29 bits per heavy atom. The van der Waals surface area contributed by atoms with Crippen molar-refractivity contribution in [3.63, 3.8) is 0 Å². The fraction of sp³-hybridized carbons (Fsp3) is 0.536. The molecule has 2 aliphatic rings. The van der Waals surface area contributed by atoms with Crippen LogP contribution in [0.1, 0.15) is 61.0 Å². The van der Waals surface area contributed by atoms with Gasteiger partial charge in [-0.05, 0) is 50.6 Å². The number of hydrogen-bond donors (Lipinski definition) is 1. The number of aliphatic hydroxyl groups is 1. The maximum absolute atomic E-state index is 13.5. The summed E-state index contributed by atoms with van der Waals surface area (Å²) >= 11 is 0. The first-order chi connectivity index (χ1) is 16.9. The molecule has 3 atom stereocenters. The molecule has 0 bridgehead atoms. The molecule has 186 valence electrons. The molecular weight excluding hydrogens is 440 g/mol. The zero-order valence-corrected chi connectivity index (χ0v) is 21.0. The van der Waals surface area contributed by atoms with Gasteiger partial charge in [0.15, 0.2) is 0 Å². The van der Waals surface area contributed by atoms with Gasteiger partial charge in [0.05, 0.1) is 12.6 Å². The first kappa shape index (κ1) is 25.2. The van der Waals surface area contributed by atoms with Crippen LogP contribution in [0.2, 0.25) is 0 Å². The molecule has 0 saturated heterocycles. The van der Waals surface area contributed by atoms with Crippen molar-refractivity contribution in [3.8, 4) is 17.7 Å². The third-order valence-corrected chi connectivity index (χ3v) is 6.99. The SMILES string of the molecule is C[C@@H]1CN([C@H](C)CO)C(=O)c2cc(C#CC3CCCC3)cnc2O[C@H]1CN(C)Cc1ccncc1. The fourth-order valence-electron chi connectivity index (χ4n) is 4.82. The van der Waals surface area contributed by atoms with Crippen LogP contribution < -0.4 is 4.74 Å². The number of pyridine rings is 2. The minimum absolute atomic E-state index is 0.0459. The summed E-state index contributed by atoms with van der Waals surface area (Å²) < 4.78 is 6.40. The van der Waals surface area contributed by atoms with Gasteiger partial charge >= 0.3 is 0 Å². The highest BCUT2D eigenvalue weighted by Gasteiger charge is 2.34. The lowest BCUT2D eigenvalue weighted by molar-refractivity contribution is 0.0325. The van der Waals surface area contributed by atoms with Gasteiger partial charge in [0, 0.05) is 55.6 Å². The lowest BCUT2D eigenvalue weighted by atomic mass is 9.99. The Labute approximate surface area is 208 Å². The van der Waals surface area contributed by atoms with E-state index in [2.05, 4.69) is 40.7 Å². The zero-order chi connectivity index (χ0) is 24.8. The van der Waals surface area contributed by atoms with E-state index in [1.165, 1.54) is 18.4 Å². The summed E-state index contributed by atoms with van der Waals surface area (Å²) in [6, 6.07) is 5.51. The second-order valence-electron chi connectivity index (χ2n) is 10.0. The van der Waals surface area contributed by atoms with Gasteiger partial charge in [-0.1, -0.05) is 31.6 Å². The minimum atomic E-state index is -0.306. The number of aromatic nitrogens is 2. The van der Waals surface area contributed by atoms with Crippen LogP contribution in [0.3, 0.4) is 0 Å². The van der Waals surface area contributed by atoms with Crippen molar-refractivity contribution in [3.05, 3.63) is 53.5 Å². The van der Waals surface area contributed by atoms with Gasteiger partial charge in [-0.3, -0.25) is 14.7 Å². The smallest absolute Gasteiger partial charge is 0.259 e. The molecule has 1 fully saturated rings. The number of nitrogens with zero attached hydrogens (tertiary/aromatic N) is 4. The summed E-state index contributed by atoms with van der Waals surface area (Å²) in [6.45, 7) is 5.78. The van der Waals surface area contributed by atoms with Gasteiger partial charge in [-0.15, -0.1) is 0 Å². The Morgan fingerprint density at radius 3 is 2.74 bits per heavy atom. The van der Waals surface area contributed by atoms with E-state index in [9.17, 15) is 9.90 Å². The molecule has 1 saturated carbocycles. The van der Waals surface area contributed by atoms with Crippen LogP contribution in [0, 0.1) is 23.7 Å². The number of carbonyl (C=O) groups is 1. The summed E-state index contributed by atoms with van der Waals surface area (Å²) in [5, 5.41) is 9.86. The van der Waals surface area contributed by atoms with Crippen LogP contribution >= 0.6 is 0 Å². The van der Waals surface area contributed by atoms with Crippen molar-refractivity contribution in [2.75, 3.05) is 26.7 Å². The van der Waals surface area contributed by atoms with Crippen LogP contribution in [0.25, 0.3) is 0 Å². The highest BCUT2D eigenvalue weighted by molar-refractivity contribution is 5.97. The number of aliphatic hydroxyl groups excluding tert-OH is 1. The summed E-state index contributed by atoms with van der Waals surface area (Å²) in [6.07, 6.45) is 9.87. The van der Waals surface area contributed by atoms with Gasteiger partial charge in [0.1, 0.15) is 11.7 Å². The molecule has 7 heteroatoms. The van der Waals surface area contributed by atoms with Gasteiger partial charge in [-0.25, -0.2) is 4.98 Å². The molecule has 0 spiro atoms. The fourth-order valence-corrected chi connectivity index (χ4v) is 4.82. The van der Waals surface area contributed by atoms with Gasteiger partial charge in [0.2, 0.25) is 5.88 Å². The number of carbonyl (C=O) groups excluding carboxylic acids is 1. The lowest BCUT2D eigenvalue weighted by Gasteiger charge is -2.37. The standard InChI is InChI=1S/C28H36N4O3/c1-20-16-32(21(2)19-33)28(34)25-14-24(9-8-22-6-4-5-7-22)15-30-27(25)35-26(20)18-31(3)17-23-10-12-29-13-11-23/h10-15,20-22,26,33H,4-7,16-19H2,1-3H3/t20-,21-,26+/m1/s1. The van der Waals surface area contributed by atoms with E-state index in [0.29, 0.717) is 30.5 Å². The van der Waals surface area contributed by atoms with E-state index in [1.54, 1.807) is 29.6 Å². The minimum Gasteiger partial charge on any atom is -0.472 e. The molecular formula is C28H36N4O3. The number of likely N-dealkylation sites (N-methyl/N-ethyl adjacent to an activating group) is 1. The molecule has 0 radical (unpaired) electrons. The zero-order valence-electron chi connectivity index (χ0n) is 21.0. The normalized spacial score (nSPS) is 21.5. The van der Waals surface area contributed by atoms with Crippen LogP contribution in [-0.2, 0) is 6.54 Å². The number of amides is 1. The highest BCUT2D eigenvalue weighted by atomic mass is 16.5. The Balaban J connectivity index is 1.60. The molecule has 2 aromatic rings. The Hall–Kier alpha value is -2.95. The van der Waals surface area contributed by atoms with Crippen molar-refractivity contribution in [1.82, 2.24) is 19.8 Å². The molecule has 1 aliphatic heterocycles. The Kier molecular flexibility index (Phi) is 8.37. The van der Waals surface area contributed by atoms with Crippen molar-refractivity contribution >= 4 is 5.91 Å². The Morgan fingerprint density at radius 2 is 2.03 bits per heavy atom. The second kappa shape index (κ2) is 11.7. The molecule has 2 aromatic heterocycles. The molecule has 1 amide bonds. The second-order valence-corrected chi connectivity index (χ2v) is 10.0. The maximum atomic E-state index is 13.5. The summed E-state index contributed by atoms with van der Waals surface area (Å²) in [7, 11) is 2.06. The van der Waals surface area contributed by atoms with Crippen LogP contribution in [0.5, 0.6) is 5.88 Å². The van der Waals surface area contributed by atoms with Crippen LogP contribution in [-0.4, -0.2) is 69.7 Å². The molecule has 1 aliphatic carbocycles. The third-order valence-electron chi connectivity index (χ3n) is 6.99. The molecule has 3 heterocycles. The van der Waals surface area contributed by atoms with E-state index < -0.39 is 0 Å². The molecule has 0 aromatic carbocycles. The summed E-state index contributed by atoms with van der Waals surface area (Å²) in [5.41, 5.74) is 2.32. The number of rotatable bonds is 6. The first-order valence-corrected chi connectivity index (χ1v) is 12.6. The molecule has 0 unspecified atom stereocenters. The van der Waals surface area contributed by atoms with E-state index in [-0.39, 0.29) is 30.6 Å². The quantitative estimate of drug-likeness (QED) is 0.644. The predicted molar refractivity (Wildman–Crippen MR) is 135 cm³/mol. The molecule has 35 heavy (non-hydrogen) atoms. The van der Waals surface area contributed by atoms with E-state index in [0.717, 1.165) is 24.9 Å².